The van der Waals surface area contributed by atoms with Crippen LogP contribution in [0.15, 0.2) is 52.5 Å². The van der Waals surface area contributed by atoms with Crippen LogP contribution in [0.1, 0.15) is 29.8 Å². The Morgan fingerprint density at radius 2 is 1.78 bits per heavy atom. The molecule has 0 saturated carbocycles. The number of phenols is 1. The number of hydrogen-bond donors (Lipinski definition) is 2. The van der Waals surface area contributed by atoms with Gasteiger partial charge in [-0.3, -0.25) is 4.79 Å². The first-order valence-electron chi connectivity index (χ1n) is 8.47. The summed E-state index contributed by atoms with van der Waals surface area (Å²) in [5.41, 5.74) is 4.01. The van der Waals surface area contributed by atoms with Crippen LogP contribution in [0.25, 0.3) is 0 Å². The summed E-state index contributed by atoms with van der Waals surface area (Å²) >= 11 is 0. The topological polar surface area (TPSA) is 99.1 Å². The molecule has 27 heavy (non-hydrogen) atoms. The minimum absolute atomic E-state index is 0.0647. The zero-order valence-electron chi connectivity index (χ0n) is 15.5. The Balaban J connectivity index is 2.05. The summed E-state index contributed by atoms with van der Waals surface area (Å²) in [6.07, 6.45) is 2.45. The highest BCUT2D eigenvalue weighted by Gasteiger charge is 2.10. The van der Waals surface area contributed by atoms with Gasteiger partial charge in [-0.2, -0.15) is 5.10 Å². The van der Waals surface area contributed by atoms with E-state index < -0.39 is 15.7 Å². The minimum atomic E-state index is -3.31. The smallest absolute Gasteiger partial charge is 0.271 e. The van der Waals surface area contributed by atoms with Crippen molar-refractivity contribution in [3.63, 3.8) is 0 Å². The first-order chi connectivity index (χ1) is 12.8. The summed E-state index contributed by atoms with van der Waals surface area (Å²) in [6, 6.07) is 10.8. The molecule has 2 aromatic carbocycles. The fourth-order valence-electron chi connectivity index (χ4n) is 2.51. The van der Waals surface area contributed by atoms with E-state index >= 15 is 0 Å². The zero-order chi connectivity index (χ0) is 20.0. The monoisotopic (exact) mass is 389 g/mol. The van der Waals surface area contributed by atoms with E-state index in [2.05, 4.69) is 15.4 Å². The number of phenolic OH excluding ortho intramolecular Hbond substituents is 1. The Morgan fingerprint density at radius 3 is 2.30 bits per heavy atom. The van der Waals surface area contributed by atoms with Crippen molar-refractivity contribution < 1.29 is 18.3 Å². The number of aromatic hydroxyl groups is 1. The van der Waals surface area contributed by atoms with E-state index in [0.717, 1.165) is 25.0 Å². The van der Waals surface area contributed by atoms with E-state index in [9.17, 15) is 18.3 Å². The van der Waals surface area contributed by atoms with Gasteiger partial charge < -0.3 is 10.0 Å². The highest BCUT2D eigenvalue weighted by Crippen LogP contribution is 2.23. The molecule has 2 N–H and O–H groups in total. The van der Waals surface area contributed by atoms with Gasteiger partial charge in [0.25, 0.3) is 5.91 Å². The predicted molar refractivity (Wildman–Crippen MR) is 106 cm³/mol. The van der Waals surface area contributed by atoms with E-state index in [-0.39, 0.29) is 16.2 Å². The van der Waals surface area contributed by atoms with Crippen molar-refractivity contribution in [1.29, 1.82) is 0 Å². The number of nitrogens with one attached hydrogen (secondary N) is 1. The van der Waals surface area contributed by atoms with Crippen molar-refractivity contribution in [2.45, 2.75) is 18.7 Å². The molecule has 0 atom stereocenters. The molecule has 1 amide bonds. The maximum absolute atomic E-state index is 12.1. The van der Waals surface area contributed by atoms with E-state index in [1.807, 2.05) is 19.9 Å². The molecule has 0 unspecified atom stereocenters. The van der Waals surface area contributed by atoms with Crippen LogP contribution in [0.2, 0.25) is 0 Å². The third-order valence-electron chi connectivity index (χ3n) is 4.06. The molecule has 2 rings (SSSR count). The van der Waals surface area contributed by atoms with Gasteiger partial charge in [0, 0.05) is 42.2 Å². The Kier molecular flexibility index (Phi) is 6.57. The lowest BCUT2D eigenvalue weighted by Crippen LogP contribution is -2.21. The van der Waals surface area contributed by atoms with Crippen LogP contribution in [0.4, 0.5) is 5.69 Å². The van der Waals surface area contributed by atoms with Crippen molar-refractivity contribution >= 4 is 27.6 Å². The molecule has 0 bridgehead atoms. The fraction of sp³-hybridized carbons (Fsp3) is 0.263. The number of nitrogens with zero attached hydrogens (tertiary/aromatic N) is 2. The van der Waals surface area contributed by atoms with Gasteiger partial charge in [0.1, 0.15) is 5.75 Å². The average molecular weight is 389 g/mol. The summed E-state index contributed by atoms with van der Waals surface area (Å²) in [5.74, 6) is -0.416. The predicted octanol–water partition coefficient (Wildman–Crippen LogP) is 2.41. The fourth-order valence-corrected chi connectivity index (χ4v) is 3.14. The maximum atomic E-state index is 12.1. The molecule has 0 heterocycles. The molecule has 0 aliphatic carbocycles. The molecule has 2 aromatic rings. The molecule has 0 aromatic heterocycles. The van der Waals surface area contributed by atoms with E-state index in [1.54, 1.807) is 12.1 Å². The van der Waals surface area contributed by atoms with Gasteiger partial charge in [-0.25, -0.2) is 13.8 Å². The molecular weight excluding hydrogens is 366 g/mol. The van der Waals surface area contributed by atoms with E-state index in [4.69, 9.17) is 0 Å². The van der Waals surface area contributed by atoms with E-state index in [0.29, 0.717) is 5.56 Å². The van der Waals surface area contributed by atoms with Crippen LogP contribution < -0.4 is 10.3 Å². The van der Waals surface area contributed by atoms with Crippen molar-refractivity contribution in [1.82, 2.24) is 5.43 Å². The Bertz CT molecular complexity index is 934. The molecule has 7 nitrogen and oxygen atoms in total. The summed E-state index contributed by atoms with van der Waals surface area (Å²) < 4.78 is 22.9. The first kappa shape index (κ1) is 20.4. The lowest BCUT2D eigenvalue weighted by Gasteiger charge is -2.21. The van der Waals surface area contributed by atoms with Gasteiger partial charge >= 0.3 is 0 Å². The molecule has 0 spiro atoms. The largest absolute Gasteiger partial charge is 0.507 e. The summed E-state index contributed by atoms with van der Waals surface area (Å²) in [7, 11) is -3.31. The second-order valence-corrected chi connectivity index (χ2v) is 7.93. The van der Waals surface area contributed by atoms with Crippen LogP contribution in [0.5, 0.6) is 5.75 Å². The van der Waals surface area contributed by atoms with Gasteiger partial charge in [0.15, 0.2) is 9.84 Å². The van der Waals surface area contributed by atoms with Gasteiger partial charge in [-0.1, -0.05) is 0 Å². The van der Waals surface area contributed by atoms with Gasteiger partial charge in [0.2, 0.25) is 0 Å². The van der Waals surface area contributed by atoms with Crippen LogP contribution >= 0.6 is 0 Å². The quantitative estimate of drug-likeness (QED) is 0.560. The standard InChI is InChI=1S/C19H23N3O4S/c1-4-22(5-2)16-9-6-15(18(23)12-16)13-20-21-19(24)14-7-10-17(11-8-14)27(3,25)26/h6-13,23H,4-5H2,1-3H3,(H,21,24)/b20-13+. The molecule has 0 aliphatic heterocycles. The van der Waals surface area contributed by atoms with Crippen LogP contribution in [-0.4, -0.2) is 45.0 Å². The van der Waals surface area contributed by atoms with Gasteiger partial charge in [-0.05, 0) is 50.2 Å². The third-order valence-corrected chi connectivity index (χ3v) is 5.19. The molecule has 0 saturated heterocycles. The zero-order valence-corrected chi connectivity index (χ0v) is 16.3. The number of hydrazone groups is 1. The Labute approximate surface area is 159 Å². The summed E-state index contributed by atoms with van der Waals surface area (Å²) in [4.78, 5) is 14.3. The number of rotatable bonds is 7. The molecule has 8 heteroatoms. The highest BCUT2D eigenvalue weighted by atomic mass is 32.2. The number of hydrogen-bond acceptors (Lipinski definition) is 6. The number of carbonyl (C=O) groups is 1. The van der Waals surface area contributed by atoms with Crippen molar-refractivity contribution in [3.05, 3.63) is 53.6 Å². The first-order valence-corrected chi connectivity index (χ1v) is 10.4. The lowest BCUT2D eigenvalue weighted by molar-refractivity contribution is 0.0955. The average Bonchev–Trinajstić information content (AvgIpc) is 2.63. The molecule has 0 fully saturated rings. The SMILES string of the molecule is CCN(CC)c1ccc(/C=N/NC(=O)c2ccc(S(C)(=O)=O)cc2)c(O)c1. The molecule has 144 valence electrons. The number of carbonyl (C=O) groups excluding carboxylic acids is 1. The number of amides is 1. The van der Waals surface area contributed by atoms with Gasteiger partial charge in [-0.15, -0.1) is 0 Å². The molecular formula is C19H23N3O4S. The summed E-state index contributed by atoms with van der Waals surface area (Å²) in [5, 5.41) is 14.0. The van der Waals surface area contributed by atoms with Crippen molar-refractivity contribution in [2.75, 3.05) is 24.2 Å². The number of sulfone groups is 1. The minimum Gasteiger partial charge on any atom is -0.507 e. The maximum Gasteiger partial charge on any atom is 0.271 e. The van der Waals surface area contributed by atoms with Crippen LogP contribution in [-0.2, 0) is 9.84 Å². The number of benzene rings is 2. The third kappa shape index (κ3) is 5.30. The van der Waals surface area contributed by atoms with Crippen LogP contribution in [0, 0.1) is 0 Å². The van der Waals surface area contributed by atoms with E-state index in [1.165, 1.54) is 30.5 Å². The number of anilines is 1. The second kappa shape index (κ2) is 8.68. The molecule has 0 aliphatic rings. The Morgan fingerprint density at radius 1 is 1.15 bits per heavy atom. The Hall–Kier alpha value is -2.87. The highest BCUT2D eigenvalue weighted by molar-refractivity contribution is 7.90. The lowest BCUT2D eigenvalue weighted by atomic mass is 10.2. The van der Waals surface area contributed by atoms with Crippen molar-refractivity contribution in [3.8, 4) is 5.75 Å². The molecule has 0 radical (unpaired) electrons. The summed E-state index contributed by atoms with van der Waals surface area (Å²) in [6.45, 7) is 5.73. The van der Waals surface area contributed by atoms with Crippen LogP contribution in [0.3, 0.4) is 0 Å². The normalized spacial score (nSPS) is 11.5. The van der Waals surface area contributed by atoms with Gasteiger partial charge in [0.05, 0.1) is 11.1 Å². The second-order valence-electron chi connectivity index (χ2n) is 5.91. The van der Waals surface area contributed by atoms with Crippen molar-refractivity contribution in [2.24, 2.45) is 5.10 Å².